The van der Waals surface area contributed by atoms with Crippen molar-refractivity contribution in [1.82, 2.24) is 14.2 Å². The van der Waals surface area contributed by atoms with Gasteiger partial charge in [-0.05, 0) is 24.6 Å². The average Bonchev–Trinajstić information content (AvgIpc) is 3.38. The van der Waals surface area contributed by atoms with Crippen molar-refractivity contribution < 1.29 is 0 Å². The summed E-state index contributed by atoms with van der Waals surface area (Å²) in [6.07, 6.45) is 9.64. The van der Waals surface area contributed by atoms with E-state index in [0.717, 1.165) is 23.4 Å². The van der Waals surface area contributed by atoms with Gasteiger partial charge in [0.1, 0.15) is 18.6 Å². The Morgan fingerprint density at radius 1 is 1.38 bits per heavy atom. The predicted octanol–water partition coefficient (Wildman–Crippen LogP) is 1.94. The second-order valence-corrected chi connectivity index (χ2v) is 6.70. The first-order chi connectivity index (χ1) is 10.2. The summed E-state index contributed by atoms with van der Waals surface area (Å²) in [6, 6.07) is 1.69. The minimum Gasteiger partial charge on any atom is -0.307 e. The maximum atomic E-state index is 12.4. The molecule has 2 aromatic rings. The second-order valence-electron chi connectivity index (χ2n) is 6.70. The maximum absolute atomic E-state index is 12.4. The third-order valence-electron chi connectivity index (χ3n) is 5.14. The molecule has 5 nitrogen and oxygen atoms in total. The summed E-state index contributed by atoms with van der Waals surface area (Å²) in [7, 11) is 0. The Labute approximate surface area is 123 Å². The molecule has 1 saturated carbocycles. The van der Waals surface area contributed by atoms with Gasteiger partial charge in [0, 0.05) is 30.2 Å². The normalized spacial score (nSPS) is 26.0. The average molecular weight is 280 g/mol. The fourth-order valence-electron chi connectivity index (χ4n) is 3.64. The number of fused-ring (bicyclic) bond motifs is 3. The van der Waals surface area contributed by atoms with E-state index >= 15 is 0 Å². The van der Waals surface area contributed by atoms with E-state index in [-0.39, 0.29) is 11.6 Å². The zero-order valence-corrected chi connectivity index (χ0v) is 12.0. The summed E-state index contributed by atoms with van der Waals surface area (Å²) in [5, 5.41) is 0. The number of imidazole rings is 1. The van der Waals surface area contributed by atoms with Crippen molar-refractivity contribution in [3.05, 3.63) is 40.4 Å². The highest BCUT2D eigenvalue weighted by molar-refractivity contribution is 6.70. The zero-order chi connectivity index (χ0) is 14.1. The van der Waals surface area contributed by atoms with E-state index in [1.165, 1.54) is 12.8 Å². The molecule has 6 heteroatoms. The summed E-state index contributed by atoms with van der Waals surface area (Å²) in [5.74, 6) is 2.01. The Kier molecular flexibility index (Phi) is 2.12. The number of aromatic nitrogens is 3. The summed E-state index contributed by atoms with van der Waals surface area (Å²) in [6.45, 7) is 2.82. The first-order valence-corrected chi connectivity index (χ1v) is 7.79. The van der Waals surface area contributed by atoms with Gasteiger partial charge in [-0.3, -0.25) is 9.47 Å². The van der Waals surface area contributed by atoms with E-state index in [4.69, 9.17) is 0 Å². The summed E-state index contributed by atoms with van der Waals surface area (Å²) >= 11 is 0. The first-order valence-electron chi connectivity index (χ1n) is 7.79. The Balaban J connectivity index is 1.74. The van der Waals surface area contributed by atoms with Gasteiger partial charge in [-0.2, -0.15) is 0 Å². The monoisotopic (exact) mass is 280 g/mol. The number of pyridine rings is 1. The number of hydrogen-bond acceptors (Lipinski definition) is 3. The van der Waals surface area contributed by atoms with Crippen LogP contribution >= 0.6 is 0 Å². The van der Waals surface area contributed by atoms with Crippen LogP contribution in [-0.2, 0) is 0 Å². The van der Waals surface area contributed by atoms with Gasteiger partial charge in [-0.1, -0.05) is 13.1 Å². The van der Waals surface area contributed by atoms with Crippen LogP contribution in [-0.4, -0.2) is 20.9 Å². The largest absolute Gasteiger partial charge is 0.307 e. The zero-order valence-electron chi connectivity index (χ0n) is 12.0. The van der Waals surface area contributed by atoms with Crippen LogP contribution in [0.15, 0.2) is 29.5 Å². The van der Waals surface area contributed by atoms with Crippen molar-refractivity contribution in [2.24, 2.45) is 5.92 Å². The van der Waals surface area contributed by atoms with Crippen molar-refractivity contribution >= 4 is 6.71 Å². The number of hydrogen-bond donors (Lipinski definition) is 1. The highest BCUT2D eigenvalue weighted by Crippen LogP contribution is 2.46. The van der Waals surface area contributed by atoms with Crippen molar-refractivity contribution in [1.29, 1.82) is 0 Å². The number of rotatable bonds is 2. The fourth-order valence-corrected chi connectivity index (χ4v) is 3.64. The number of nitrogens with one attached hydrogen (secondary N) is 1. The fraction of sp³-hybridized carbons (Fsp3) is 0.467. The molecule has 0 spiro atoms. The molecule has 3 aliphatic rings. The predicted molar refractivity (Wildman–Crippen MR) is 82.2 cm³/mol. The molecule has 106 valence electrons. The topological polar surface area (TPSA) is 51.9 Å². The van der Waals surface area contributed by atoms with Gasteiger partial charge in [-0.15, -0.1) is 0 Å². The second kappa shape index (κ2) is 3.81. The molecule has 21 heavy (non-hydrogen) atoms. The minimum absolute atomic E-state index is 0.150. The van der Waals surface area contributed by atoms with Crippen LogP contribution in [0.3, 0.4) is 0 Å². The molecule has 1 N–H and O–H groups in total. The van der Waals surface area contributed by atoms with E-state index in [1.54, 1.807) is 6.07 Å². The van der Waals surface area contributed by atoms with Crippen LogP contribution in [0.1, 0.15) is 30.4 Å². The van der Waals surface area contributed by atoms with Gasteiger partial charge < -0.3 is 9.99 Å². The van der Waals surface area contributed by atoms with E-state index < -0.39 is 0 Å². The van der Waals surface area contributed by atoms with Crippen molar-refractivity contribution in [3.63, 3.8) is 0 Å². The van der Waals surface area contributed by atoms with Crippen LogP contribution in [0, 0.1) is 5.92 Å². The third kappa shape index (κ3) is 1.59. The van der Waals surface area contributed by atoms with Gasteiger partial charge in [0.15, 0.2) is 11.3 Å². The Bertz CT molecular complexity index is 791. The summed E-state index contributed by atoms with van der Waals surface area (Å²) in [4.78, 5) is 17.0. The Morgan fingerprint density at radius 2 is 2.19 bits per heavy atom. The lowest BCUT2D eigenvalue weighted by molar-refractivity contribution is 0.440. The van der Waals surface area contributed by atoms with Crippen LogP contribution < -0.4 is 10.9 Å². The molecule has 2 atom stereocenters. The van der Waals surface area contributed by atoms with Crippen molar-refractivity contribution in [2.75, 3.05) is 5.43 Å². The van der Waals surface area contributed by atoms with Gasteiger partial charge in [-0.25, -0.2) is 4.98 Å². The van der Waals surface area contributed by atoms with Crippen LogP contribution in [0.5, 0.6) is 0 Å². The standard InChI is InChI=1S/C15H17BN4O/c1-16-8-10(16)12-11(21)4-6-20-13(12)15-17-5-7-19(15)14(18-20)9-2-3-9/h4-7,9-10,14,18H,2-3,8H2,1H3. The molecule has 4 heterocycles. The van der Waals surface area contributed by atoms with Crippen LogP contribution in [0.25, 0.3) is 11.5 Å². The molecule has 2 aliphatic heterocycles. The van der Waals surface area contributed by atoms with Crippen molar-refractivity contribution in [3.8, 4) is 11.5 Å². The Morgan fingerprint density at radius 3 is 2.90 bits per heavy atom. The van der Waals surface area contributed by atoms with Crippen molar-refractivity contribution in [2.45, 2.75) is 38.0 Å². The van der Waals surface area contributed by atoms with E-state index in [9.17, 15) is 4.79 Å². The molecule has 2 fully saturated rings. The molecule has 1 saturated heterocycles. The van der Waals surface area contributed by atoms with E-state index in [2.05, 4.69) is 21.8 Å². The summed E-state index contributed by atoms with van der Waals surface area (Å²) < 4.78 is 4.25. The molecule has 1 aliphatic carbocycles. The number of nitrogens with zero attached hydrogens (tertiary/aromatic N) is 3. The molecule has 2 unspecified atom stereocenters. The van der Waals surface area contributed by atoms with E-state index in [0.29, 0.717) is 18.4 Å². The molecule has 0 radical (unpaired) electrons. The quantitative estimate of drug-likeness (QED) is 0.855. The van der Waals surface area contributed by atoms with Gasteiger partial charge in [0.05, 0.1) is 0 Å². The molecule has 5 rings (SSSR count). The molecule has 0 amide bonds. The Hall–Kier alpha value is -1.98. The maximum Gasteiger partial charge on any atom is 0.185 e. The molecule has 0 bridgehead atoms. The lowest BCUT2D eigenvalue weighted by atomic mass is 9.69. The smallest absolute Gasteiger partial charge is 0.185 e. The van der Waals surface area contributed by atoms with Gasteiger partial charge in [0.25, 0.3) is 0 Å². The summed E-state index contributed by atoms with van der Waals surface area (Å²) in [5.41, 5.74) is 5.63. The molecule has 2 aromatic heterocycles. The minimum atomic E-state index is 0.150. The van der Waals surface area contributed by atoms with Crippen LogP contribution in [0.2, 0.25) is 13.1 Å². The molecular formula is C15H17BN4O. The third-order valence-corrected chi connectivity index (χ3v) is 5.14. The lowest BCUT2D eigenvalue weighted by Crippen LogP contribution is -2.35. The highest BCUT2D eigenvalue weighted by atomic mass is 16.1. The van der Waals surface area contributed by atoms with Gasteiger partial charge >= 0.3 is 0 Å². The molecular weight excluding hydrogens is 263 g/mol. The van der Waals surface area contributed by atoms with E-state index in [1.807, 2.05) is 23.3 Å². The first kappa shape index (κ1) is 11.7. The highest BCUT2D eigenvalue weighted by Gasteiger charge is 2.44. The van der Waals surface area contributed by atoms with Crippen LogP contribution in [0.4, 0.5) is 0 Å². The SMILES string of the molecule is CB1CC1c1c2n(ccc1=O)NC(C1CC1)n1ccnc1-2. The molecule has 0 aromatic carbocycles. The van der Waals surface area contributed by atoms with Gasteiger partial charge in [0.2, 0.25) is 0 Å². The lowest BCUT2D eigenvalue weighted by Gasteiger charge is -2.32.